The van der Waals surface area contributed by atoms with Crippen LogP contribution in [0.1, 0.15) is 30.1 Å². The fourth-order valence-corrected chi connectivity index (χ4v) is 3.86. The Labute approximate surface area is 163 Å². The van der Waals surface area contributed by atoms with Gasteiger partial charge in [-0.25, -0.2) is 4.79 Å². The summed E-state index contributed by atoms with van der Waals surface area (Å²) >= 11 is 6.05. The van der Waals surface area contributed by atoms with E-state index in [0.29, 0.717) is 11.6 Å². The van der Waals surface area contributed by atoms with Gasteiger partial charge in [-0.3, -0.25) is 9.69 Å². The monoisotopic (exact) mass is 387 g/mol. The number of fused-ring (bicyclic) bond motifs is 1. The first kappa shape index (κ1) is 17.9. The van der Waals surface area contributed by atoms with Gasteiger partial charge >= 0.3 is 6.09 Å². The smallest absolute Gasteiger partial charge is 0.410 e. The number of methoxy groups -OCH3 is 1. The van der Waals surface area contributed by atoms with Gasteiger partial charge in [0.05, 0.1) is 13.2 Å². The summed E-state index contributed by atoms with van der Waals surface area (Å²) in [5.74, 6) is -0.0697. The van der Waals surface area contributed by atoms with Crippen molar-refractivity contribution in [2.24, 2.45) is 0 Å². The molecule has 6 nitrogen and oxygen atoms in total. The molecule has 1 aromatic carbocycles. The van der Waals surface area contributed by atoms with E-state index in [1.807, 2.05) is 47.5 Å². The number of carbonyl (C=O) groups excluding carboxylic acids is 2. The summed E-state index contributed by atoms with van der Waals surface area (Å²) in [6, 6.07) is 11.5. The summed E-state index contributed by atoms with van der Waals surface area (Å²) in [6.07, 6.45) is 3.44. The molecule has 0 spiro atoms. The number of hydrogen-bond donors (Lipinski definition) is 0. The highest BCUT2D eigenvalue weighted by atomic mass is 35.5. The number of carbonyl (C=O) groups is 2. The molecule has 142 valence electrons. The van der Waals surface area contributed by atoms with Crippen LogP contribution in [-0.2, 0) is 16.1 Å². The number of hydrogen-bond acceptors (Lipinski definition) is 3. The second kappa shape index (κ2) is 7.27. The molecular formula is C20H22ClN3O3. The molecular weight excluding hydrogens is 366 g/mol. The molecule has 1 atom stereocenters. The molecule has 4 rings (SSSR count). The van der Waals surface area contributed by atoms with Crippen molar-refractivity contribution in [2.75, 3.05) is 20.2 Å². The second-order valence-electron chi connectivity index (χ2n) is 7.00. The molecule has 2 aromatic rings. The van der Waals surface area contributed by atoms with Crippen molar-refractivity contribution in [3.8, 4) is 0 Å². The van der Waals surface area contributed by atoms with Gasteiger partial charge in [0.25, 0.3) is 0 Å². The Bertz CT molecular complexity index is 844. The Morgan fingerprint density at radius 1 is 1.19 bits per heavy atom. The number of amides is 2. The molecule has 1 saturated carbocycles. The average molecular weight is 388 g/mol. The number of nitrogens with zero attached hydrogens (tertiary/aromatic N) is 3. The SMILES string of the molecule is COC(=O)N(CC(=O)N1CCn2cccc2C1c1ccc(Cl)cc1)C1CC1. The van der Waals surface area contributed by atoms with Gasteiger partial charge in [-0.15, -0.1) is 0 Å². The normalized spacial score (nSPS) is 18.7. The molecule has 1 fully saturated rings. The first-order valence-corrected chi connectivity index (χ1v) is 9.51. The highest BCUT2D eigenvalue weighted by molar-refractivity contribution is 6.30. The predicted octanol–water partition coefficient (Wildman–Crippen LogP) is 3.30. The molecule has 0 saturated heterocycles. The molecule has 0 N–H and O–H groups in total. The summed E-state index contributed by atoms with van der Waals surface area (Å²) in [4.78, 5) is 28.7. The molecule has 1 unspecified atom stereocenters. The number of benzene rings is 1. The van der Waals surface area contributed by atoms with Crippen LogP contribution < -0.4 is 0 Å². The third kappa shape index (κ3) is 3.54. The first-order chi connectivity index (χ1) is 13.1. The fraction of sp³-hybridized carbons (Fsp3) is 0.400. The molecule has 0 bridgehead atoms. The lowest BCUT2D eigenvalue weighted by atomic mass is 10.00. The van der Waals surface area contributed by atoms with Crippen LogP contribution in [0.3, 0.4) is 0 Å². The van der Waals surface area contributed by atoms with Gasteiger partial charge in [0.1, 0.15) is 6.54 Å². The van der Waals surface area contributed by atoms with Gasteiger partial charge in [0.15, 0.2) is 0 Å². The molecule has 7 heteroatoms. The lowest BCUT2D eigenvalue weighted by Crippen LogP contribution is -2.48. The van der Waals surface area contributed by atoms with E-state index in [0.717, 1.165) is 30.6 Å². The van der Waals surface area contributed by atoms with E-state index in [1.165, 1.54) is 7.11 Å². The highest BCUT2D eigenvalue weighted by Gasteiger charge is 2.38. The Morgan fingerprint density at radius 2 is 1.93 bits per heavy atom. The van der Waals surface area contributed by atoms with Crippen LogP contribution in [0.2, 0.25) is 5.02 Å². The lowest BCUT2D eigenvalue weighted by Gasteiger charge is -2.38. The van der Waals surface area contributed by atoms with Gasteiger partial charge < -0.3 is 14.2 Å². The van der Waals surface area contributed by atoms with E-state index in [-0.39, 0.29) is 24.5 Å². The van der Waals surface area contributed by atoms with Gasteiger partial charge in [-0.1, -0.05) is 23.7 Å². The van der Waals surface area contributed by atoms with E-state index in [9.17, 15) is 9.59 Å². The fourth-order valence-electron chi connectivity index (χ4n) is 3.73. The number of ether oxygens (including phenoxy) is 1. The van der Waals surface area contributed by atoms with E-state index in [2.05, 4.69) is 4.57 Å². The Balaban J connectivity index is 1.62. The molecule has 2 amide bonds. The van der Waals surface area contributed by atoms with Crippen molar-refractivity contribution in [1.82, 2.24) is 14.4 Å². The largest absolute Gasteiger partial charge is 0.453 e. The van der Waals surface area contributed by atoms with Gasteiger partial charge in [0.2, 0.25) is 5.91 Å². The van der Waals surface area contributed by atoms with Crippen LogP contribution in [0.15, 0.2) is 42.6 Å². The predicted molar refractivity (Wildman–Crippen MR) is 102 cm³/mol. The zero-order valence-corrected chi connectivity index (χ0v) is 15.9. The van der Waals surface area contributed by atoms with E-state index < -0.39 is 6.09 Å². The van der Waals surface area contributed by atoms with Crippen molar-refractivity contribution in [2.45, 2.75) is 31.5 Å². The Hall–Kier alpha value is -2.47. The van der Waals surface area contributed by atoms with Gasteiger partial charge in [-0.05, 0) is 42.7 Å². The van der Waals surface area contributed by atoms with Crippen molar-refractivity contribution in [3.05, 3.63) is 58.9 Å². The van der Waals surface area contributed by atoms with Gasteiger partial charge in [-0.2, -0.15) is 0 Å². The van der Waals surface area contributed by atoms with Crippen molar-refractivity contribution < 1.29 is 14.3 Å². The molecule has 1 aliphatic heterocycles. The van der Waals surface area contributed by atoms with Crippen molar-refractivity contribution >= 4 is 23.6 Å². The zero-order valence-electron chi connectivity index (χ0n) is 15.2. The summed E-state index contributed by atoms with van der Waals surface area (Å²) in [6.45, 7) is 1.37. The maximum atomic E-state index is 13.2. The lowest BCUT2D eigenvalue weighted by molar-refractivity contribution is -0.135. The summed E-state index contributed by atoms with van der Waals surface area (Å²) in [7, 11) is 1.35. The first-order valence-electron chi connectivity index (χ1n) is 9.13. The van der Waals surface area contributed by atoms with Crippen LogP contribution >= 0.6 is 11.6 Å². The van der Waals surface area contributed by atoms with E-state index in [1.54, 1.807) is 4.90 Å². The zero-order chi connectivity index (χ0) is 19.0. The maximum Gasteiger partial charge on any atom is 0.410 e. The van der Waals surface area contributed by atoms with Gasteiger partial charge in [0, 0.05) is 36.0 Å². The molecule has 27 heavy (non-hydrogen) atoms. The van der Waals surface area contributed by atoms with Crippen LogP contribution in [0.25, 0.3) is 0 Å². The van der Waals surface area contributed by atoms with E-state index >= 15 is 0 Å². The van der Waals surface area contributed by atoms with Crippen molar-refractivity contribution in [1.29, 1.82) is 0 Å². The summed E-state index contributed by atoms with van der Waals surface area (Å²) in [5.41, 5.74) is 2.07. The Morgan fingerprint density at radius 3 is 2.59 bits per heavy atom. The molecule has 1 aromatic heterocycles. The summed E-state index contributed by atoms with van der Waals surface area (Å²) in [5, 5.41) is 0.661. The topological polar surface area (TPSA) is 54.8 Å². The van der Waals surface area contributed by atoms with Crippen LogP contribution in [0.4, 0.5) is 4.79 Å². The third-order valence-corrected chi connectivity index (χ3v) is 5.50. The molecule has 1 aliphatic carbocycles. The van der Waals surface area contributed by atoms with Crippen LogP contribution in [0, 0.1) is 0 Å². The molecule has 2 aliphatic rings. The molecule has 2 heterocycles. The number of aromatic nitrogens is 1. The summed E-state index contributed by atoms with van der Waals surface area (Å²) < 4.78 is 7.04. The minimum Gasteiger partial charge on any atom is -0.453 e. The van der Waals surface area contributed by atoms with E-state index in [4.69, 9.17) is 16.3 Å². The highest BCUT2D eigenvalue weighted by Crippen LogP contribution is 2.34. The second-order valence-corrected chi connectivity index (χ2v) is 7.43. The van der Waals surface area contributed by atoms with Crippen LogP contribution in [-0.4, -0.2) is 52.6 Å². The third-order valence-electron chi connectivity index (χ3n) is 5.25. The maximum absolute atomic E-state index is 13.2. The standard InChI is InChI=1S/C20H22ClN3O3/c1-27-20(26)24(16-8-9-16)13-18(25)23-12-11-22-10-2-3-17(22)19(23)14-4-6-15(21)7-5-14/h2-7,10,16,19H,8-9,11-13H2,1H3. The van der Waals surface area contributed by atoms with Crippen LogP contribution in [0.5, 0.6) is 0 Å². The minimum atomic E-state index is -0.436. The quantitative estimate of drug-likeness (QED) is 0.808. The van der Waals surface area contributed by atoms with Crippen molar-refractivity contribution in [3.63, 3.8) is 0 Å². The minimum absolute atomic E-state index is 0.0438. The number of halogens is 1. The molecule has 0 radical (unpaired) electrons. The number of rotatable bonds is 4. The Kier molecular flexibility index (Phi) is 4.83. The average Bonchev–Trinajstić information content (AvgIpc) is 3.41.